The number of aromatic nitrogens is 1. The Morgan fingerprint density at radius 3 is 2.83 bits per heavy atom. The van der Waals surface area contributed by atoms with Crippen molar-refractivity contribution in [2.45, 2.75) is 43.7 Å². The predicted octanol–water partition coefficient (Wildman–Crippen LogP) is 4.08. The predicted molar refractivity (Wildman–Crippen MR) is 125 cm³/mol. The van der Waals surface area contributed by atoms with E-state index in [9.17, 15) is 0 Å². The number of benzene rings is 1. The number of hydrogen-bond acceptors (Lipinski definition) is 4. The fourth-order valence-electron chi connectivity index (χ4n) is 4.20. The van der Waals surface area contributed by atoms with E-state index in [1.807, 2.05) is 18.2 Å². The second kappa shape index (κ2) is 10.1. The van der Waals surface area contributed by atoms with Gasteiger partial charge in [0.2, 0.25) is 0 Å². The average molecular weight is 508 g/mol. The highest BCUT2D eigenvalue weighted by Gasteiger charge is 2.43. The van der Waals surface area contributed by atoms with Gasteiger partial charge in [0.15, 0.2) is 5.96 Å². The van der Waals surface area contributed by atoms with Gasteiger partial charge in [-0.25, -0.2) is 0 Å². The molecule has 156 valence electrons. The summed E-state index contributed by atoms with van der Waals surface area (Å²) in [6.07, 6.45) is 9.17. The van der Waals surface area contributed by atoms with Gasteiger partial charge in [-0.05, 0) is 43.9 Å². The lowest BCUT2D eigenvalue weighted by atomic mass is 9.86. The maximum Gasteiger partial charge on any atom is 0.191 e. The maximum absolute atomic E-state index is 6.45. The highest BCUT2D eigenvalue weighted by atomic mass is 127. The Hall–Kier alpha value is -2.03. The lowest BCUT2D eigenvalue weighted by molar-refractivity contribution is 0.0396. The van der Waals surface area contributed by atoms with E-state index >= 15 is 0 Å². The SMILES string of the molecule is CN=C(NCCOc1cccnc1)NC1CC2(CCCC2)Oc2ccccc21.I. The van der Waals surface area contributed by atoms with Crippen LogP contribution in [0.3, 0.4) is 0 Å². The number of nitrogens with zero attached hydrogens (tertiary/aromatic N) is 2. The van der Waals surface area contributed by atoms with Crippen molar-refractivity contribution in [1.82, 2.24) is 15.6 Å². The molecule has 0 radical (unpaired) electrons. The van der Waals surface area contributed by atoms with Gasteiger partial charge in [0.25, 0.3) is 0 Å². The van der Waals surface area contributed by atoms with E-state index in [4.69, 9.17) is 9.47 Å². The normalized spacial score (nSPS) is 19.6. The number of pyridine rings is 1. The zero-order chi connectivity index (χ0) is 19.2. The third kappa shape index (κ3) is 5.32. The largest absolute Gasteiger partial charge is 0.490 e. The molecular formula is C22H29IN4O2. The molecule has 1 aliphatic heterocycles. The van der Waals surface area contributed by atoms with Crippen LogP contribution in [0.5, 0.6) is 11.5 Å². The van der Waals surface area contributed by atoms with Crippen molar-refractivity contribution < 1.29 is 9.47 Å². The monoisotopic (exact) mass is 508 g/mol. The lowest BCUT2D eigenvalue weighted by Crippen LogP contribution is -2.47. The topological polar surface area (TPSA) is 67.8 Å². The zero-order valence-electron chi connectivity index (χ0n) is 16.8. The second-order valence-electron chi connectivity index (χ2n) is 7.47. The molecule has 0 bridgehead atoms. The number of aliphatic imine (C=N–C) groups is 1. The molecule has 6 nitrogen and oxygen atoms in total. The standard InChI is InChI=1S/C22H28N4O2.HI/c1-23-21(25-13-14-27-17-7-6-12-24-16-17)26-19-15-22(10-4-5-11-22)28-20-9-3-2-8-18(19)20;/h2-3,6-9,12,16,19H,4-5,10-11,13-15H2,1H3,(H2,23,25,26);1H. The molecule has 0 saturated heterocycles. The van der Waals surface area contributed by atoms with Crippen molar-refractivity contribution >= 4 is 29.9 Å². The fraction of sp³-hybridized carbons (Fsp3) is 0.455. The average Bonchev–Trinajstić information content (AvgIpc) is 3.18. The summed E-state index contributed by atoms with van der Waals surface area (Å²) in [5.74, 6) is 2.56. The van der Waals surface area contributed by atoms with Gasteiger partial charge in [0.05, 0.1) is 18.8 Å². The van der Waals surface area contributed by atoms with Gasteiger partial charge in [-0.2, -0.15) is 0 Å². The van der Waals surface area contributed by atoms with Crippen LogP contribution in [0.4, 0.5) is 0 Å². The molecule has 1 unspecified atom stereocenters. The first-order valence-electron chi connectivity index (χ1n) is 10.1. The summed E-state index contributed by atoms with van der Waals surface area (Å²) in [6, 6.07) is 12.3. The van der Waals surface area contributed by atoms with E-state index in [1.165, 1.54) is 18.4 Å². The van der Waals surface area contributed by atoms with Crippen LogP contribution in [0, 0.1) is 0 Å². The molecule has 7 heteroatoms. The molecule has 1 atom stereocenters. The van der Waals surface area contributed by atoms with Gasteiger partial charge in [-0.3, -0.25) is 9.98 Å². The third-order valence-corrected chi connectivity index (χ3v) is 5.54. The van der Waals surface area contributed by atoms with Gasteiger partial charge < -0.3 is 20.1 Å². The molecule has 1 aromatic carbocycles. The van der Waals surface area contributed by atoms with E-state index in [1.54, 1.807) is 19.4 Å². The molecule has 2 N–H and O–H groups in total. The van der Waals surface area contributed by atoms with E-state index in [0.29, 0.717) is 13.2 Å². The molecule has 1 aliphatic carbocycles. The van der Waals surface area contributed by atoms with Gasteiger partial charge in [-0.1, -0.05) is 18.2 Å². The summed E-state index contributed by atoms with van der Waals surface area (Å²) in [5.41, 5.74) is 1.17. The first kappa shape index (κ1) is 21.7. The number of nitrogens with one attached hydrogen (secondary N) is 2. The molecule has 1 aromatic heterocycles. The van der Waals surface area contributed by atoms with E-state index < -0.39 is 0 Å². The minimum atomic E-state index is -0.0334. The Morgan fingerprint density at radius 1 is 1.24 bits per heavy atom. The minimum absolute atomic E-state index is 0. The molecule has 2 heterocycles. The Morgan fingerprint density at radius 2 is 2.07 bits per heavy atom. The molecule has 0 amide bonds. The quantitative estimate of drug-likeness (QED) is 0.276. The minimum Gasteiger partial charge on any atom is -0.490 e. The Kier molecular flexibility index (Phi) is 7.57. The van der Waals surface area contributed by atoms with Crippen LogP contribution in [-0.2, 0) is 0 Å². The van der Waals surface area contributed by atoms with Crippen molar-refractivity contribution in [3.05, 3.63) is 54.4 Å². The highest BCUT2D eigenvalue weighted by molar-refractivity contribution is 14.0. The summed E-state index contributed by atoms with van der Waals surface area (Å²) >= 11 is 0. The van der Waals surface area contributed by atoms with Crippen molar-refractivity contribution in [3.63, 3.8) is 0 Å². The number of halogens is 1. The lowest BCUT2D eigenvalue weighted by Gasteiger charge is -2.40. The molecule has 1 spiro atoms. The summed E-state index contributed by atoms with van der Waals surface area (Å²) in [6.45, 7) is 1.20. The summed E-state index contributed by atoms with van der Waals surface area (Å²) < 4.78 is 12.1. The van der Waals surface area contributed by atoms with E-state index in [0.717, 1.165) is 36.7 Å². The van der Waals surface area contributed by atoms with E-state index in [2.05, 4.69) is 38.8 Å². The first-order chi connectivity index (χ1) is 13.8. The Balaban J connectivity index is 0.00000240. The number of fused-ring (bicyclic) bond motifs is 1. The van der Waals surface area contributed by atoms with Crippen LogP contribution in [0.25, 0.3) is 0 Å². The molecule has 2 aliphatic rings. The highest BCUT2D eigenvalue weighted by Crippen LogP contribution is 2.46. The zero-order valence-corrected chi connectivity index (χ0v) is 19.1. The van der Waals surface area contributed by atoms with Gasteiger partial charge in [-0.15, -0.1) is 24.0 Å². The van der Waals surface area contributed by atoms with Crippen LogP contribution in [-0.4, -0.2) is 36.7 Å². The number of rotatable bonds is 5. The number of ether oxygens (including phenoxy) is 2. The molecule has 29 heavy (non-hydrogen) atoms. The van der Waals surface area contributed by atoms with Crippen molar-refractivity contribution in [2.24, 2.45) is 4.99 Å². The Bertz CT molecular complexity index is 809. The number of hydrogen-bond donors (Lipinski definition) is 2. The van der Waals surface area contributed by atoms with Crippen LogP contribution in [0.1, 0.15) is 43.7 Å². The summed E-state index contributed by atoms with van der Waals surface area (Å²) in [7, 11) is 1.80. The number of guanidine groups is 1. The van der Waals surface area contributed by atoms with Gasteiger partial charge >= 0.3 is 0 Å². The second-order valence-corrected chi connectivity index (χ2v) is 7.47. The summed E-state index contributed by atoms with van der Waals surface area (Å²) in [4.78, 5) is 8.46. The van der Waals surface area contributed by atoms with Crippen molar-refractivity contribution in [3.8, 4) is 11.5 Å². The number of para-hydroxylation sites is 1. The van der Waals surface area contributed by atoms with Crippen LogP contribution < -0.4 is 20.1 Å². The molecule has 1 fully saturated rings. The van der Waals surface area contributed by atoms with Crippen molar-refractivity contribution in [2.75, 3.05) is 20.2 Å². The van der Waals surface area contributed by atoms with Crippen LogP contribution >= 0.6 is 24.0 Å². The van der Waals surface area contributed by atoms with Crippen molar-refractivity contribution in [1.29, 1.82) is 0 Å². The van der Waals surface area contributed by atoms with E-state index in [-0.39, 0.29) is 35.6 Å². The van der Waals surface area contributed by atoms with Crippen LogP contribution in [0.15, 0.2) is 53.8 Å². The van der Waals surface area contributed by atoms with Gasteiger partial charge in [0.1, 0.15) is 23.7 Å². The third-order valence-electron chi connectivity index (χ3n) is 5.54. The molecule has 4 rings (SSSR count). The molecule has 1 saturated carbocycles. The van der Waals surface area contributed by atoms with Crippen LogP contribution in [0.2, 0.25) is 0 Å². The fourth-order valence-corrected chi connectivity index (χ4v) is 4.20. The maximum atomic E-state index is 6.45. The first-order valence-corrected chi connectivity index (χ1v) is 10.1. The molecular weight excluding hydrogens is 479 g/mol. The smallest absolute Gasteiger partial charge is 0.191 e. The molecule has 2 aromatic rings. The summed E-state index contributed by atoms with van der Waals surface area (Å²) in [5, 5.41) is 6.95. The van der Waals surface area contributed by atoms with Gasteiger partial charge in [0, 0.05) is 25.2 Å². The Labute approximate surface area is 189 Å².